The lowest BCUT2D eigenvalue weighted by atomic mass is 10.3. The third-order valence-corrected chi connectivity index (χ3v) is 3.18. The summed E-state index contributed by atoms with van der Waals surface area (Å²) < 4.78 is 1.89. The molecule has 1 aromatic heterocycles. The fourth-order valence-corrected chi connectivity index (χ4v) is 1.79. The Balaban J connectivity index is 2.32. The summed E-state index contributed by atoms with van der Waals surface area (Å²) in [5.41, 5.74) is 2.06. The first kappa shape index (κ1) is 16.0. The van der Waals surface area contributed by atoms with Crippen LogP contribution in [-0.2, 0) is 11.3 Å². The molecule has 0 aromatic carbocycles. The zero-order chi connectivity index (χ0) is 15.3. The van der Waals surface area contributed by atoms with Gasteiger partial charge < -0.3 is 15.3 Å². The molecular weight excluding hydrogens is 260 g/mol. The van der Waals surface area contributed by atoms with Crippen LogP contribution >= 0.6 is 0 Å². The Bertz CT molecular complexity index is 484. The minimum absolute atomic E-state index is 0.381. The van der Waals surface area contributed by atoms with E-state index >= 15 is 0 Å². The molecule has 0 aliphatic heterocycles. The molecule has 1 heterocycles. The van der Waals surface area contributed by atoms with E-state index < -0.39 is 12.0 Å². The van der Waals surface area contributed by atoms with Gasteiger partial charge in [0.2, 0.25) is 0 Å². The summed E-state index contributed by atoms with van der Waals surface area (Å²) >= 11 is 0. The number of carbonyl (C=O) groups is 2. The Hall–Kier alpha value is -2.05. The Morgan fingerprint density at radius 2 is 2.15 bits per heavy atom. The van der Waals surface area contributed by atoms with E-state index in [9.17, 15) is 9.59 Å². The zero-order valence-corrected chi connectivity index (χ0v) is 12.4. The van der Waals surface area contributed by atoms with Gasteiger partial charge in [-0.05, 0) is 33.3 Å². The lowest BCUT2D eigenvalue weighted by Gasteiger charge is -2.21. The van der Waals surface area contributed by atoms with Gasteiger partial charge >= 0.3 is 12.0 Å². The van der Waals surface area contributed by atoms with E-state index in [0.717, 1.165) is 24.4 Å². The van der Waals surface area contributed by atoms with Crippen LogP contribution in [0.5, 0.6) is 0 Å². The van der Waals surface area contributed by atoms with E-state index in [4.69, 9.17) is 5.11 Å². The second-order valence-electron chi connectivity index (χ2n) is 4.86. The standard InChI is InChI=1S/C13H22N4O3/c1-9-8-10(2)17(15-9)7-5-6-14-13(20)16(4)11(3)12(18)19/h8,11H,5-7H2,1-4H3,(H,14,20)(H,18,19). The molecule has 1 atom stereocenters. The number of carbonyl (C=O) groups excluding carboxylic acids is 1. The molecule has 1 unspecified atom stereocenters. The van der Waals surface area contributed by atoms with Gasteiger partial charge in [0, 0.05) is 25.8 Å². The number of rotatable bonds is 6. The van der Waals surface area contributed by atoms with Crippen LogP contribution < -0.4 is 5.32 Å². The first-order valence-electron chi connectivity index (χ1n) is 6.57. The Morgan fingerprint density at radius 3 is 2.65 bits per heavy atom. The van der Waals surface area contributed by atoms with Gasteiger partial charge in [0.1, 0.15) is 6.04 Å². The van der Waals surface area contributed by atoms with Crippen molar-refractivity contribution in [3.8, 4) is 0 Å². The lowest BCUT2D eigenvalue weighted by molar-refractivity contribution is -0.141. The summed E-state index contributed by atoms with van der Waals surface area (Å²) in [6.07, 6.45) is 0.739. The van der Waals surface area contributed by atoms with Gasteiger partial charge in [-0.2, -0.15) is 5.10 Å². The van der Waals surface area contributed by atoms with Gasteiger partial charge in [0.15, 0.2) is 0 Å². The Labute approximate surface area is 118 Å². The molecule has 7 nitrogen and oxygen atoms in total. The van der Waals surface area contributed by atoms with Crippen molar-refractivity contribution in [3.05, 3.63) is 17.5 Å². The van der Waals surface area contributed by atoms with Crippen molar-refractivity contribution < 1.29 is 14.7 Å². The SMILES string of the molecule is Cc1cc(C)n(CCCNC(=O)N(C)C(C)C(=O)O)n1. The number of aryl methyl sites for hydroxylation is 3. The number of aromatic nitrogens is 2. The molecule has 0 bridgehead atoms. The average Bonchev–Trinajstić information content (AvgIpc) is 2.70. The molecule has 2 amide bonds. The number of nitrogens with zero attached hydrogens (tertiary/aromatic N) is 3. The van der Waals surface area contributed by atoms with Gasteiger partial charge in [-0.25, -0.2) is 9.59 Å². The van der Waals surface area contributed by atoms with Gasteiger partial charge in [0.05, 0.1) is 5.69 Å². The van der Waals surface area contributed by atoms with Crippen molar-refractivity contribution in [2.75, 3.05) is 13.6 Å². The highest BCUT2D eigenvalue weighted by Crippen LogP contribution is 2.02. The molecule has 0 spiro atoms. The fraction of sp³-hybridized carbons (Fsp3) is 0.615. The van der Waals surface area contributed by atoms with Crippen LogP contribution in [0.25, 0.3) is 0 Å². The number of aliphatic carboxylic acids is 1. The van der Waals surface area contributed by atoms with Crippen molar-refractivity contribution in [2.24, 2.45) is 0 Å². The van der Waals surface area contributed by atoms with Crippen LogP contribution in [0.4, 0.5) is 4.79 Å². The molecule has 0 radical (unpaired) electrons. The number of carboxylic acids is 1. The Morgan fingerprint density at radius 1 is 1.50 bits per heavy atom. The van der Waals surface area contributed by atoms with E-state index in [-0.39, 0.29) is 6.03 Å². The highest BCUT2D eigenvalue weighted by Gasteiger charge is 2.20. The maximum atomic E-state index is 11.7. The molecule has 7 heteroatoms. The summed E-state index contributed by atoms with van der Waals surface area (Å²) in [6, 6.07) is 0.778. The predicted octanol–water partition coefficient (Wildman–Crippen LogP) is 1.00. The first-order chi connectivity index (χ1) is 9.32. The number of hydrogen-bond acceptors (Lipinski definition) is 3. The number of likely N-dealkylation sites (N-methyl/N-ethyl adjacent to an activating group) is 1. The zero-order valence-electron chi connectivity index (χ0n) is 12.4. The van der Waals surface area contributed by atoms with E-state index in [1.807, 2.05) is 24.6 Å². The number of nitrogens with one attached hydrogen (secondary N) is 1. The summed E-state index contributed by atoms with van der Waals surface area (Å²) in [4.78, 5) is 23.6. The normalized spacial score (nSPS) is 12.0. The summed E-state index contributed by atoms with van der Waals surface area (Å²) in [5, 5.41) is 15.8. The van der Waals surface area contributed by atoms with Crippen LogP contribution in [0.1, 0.15) is 24.7 Å². The van der Waals surface area contributed by atoms with Gasteiger partial charge in [-0.3, -0.25) is 4.68 Å². The predicted molar refractivity (Wildman–Crippen MR) is 74.6 cm³/mol. The quantitative estimate of drug-likeness (QED) is 0.762. The van der Waals surface area contributed by atoms with Crippen LogP contribution in [0.15, 0.2) is 6.07 Å². The van der Waals surface area contributed by atoms with Gasteiger partial charge in [-0.15, -0.1) is 0 Å². The minimum atomic E-state index is -1.02. The van der Waals surface area contributed by atoms with Crippen LogP contribution in [0.3, 0.4) is 0 Å². The van der Waals surface area contributed by atoms with Crippen molar-refractivity contribution in [2.45, 2.75) is 39.8 Å². The highest BCUT2D eigenvalue weighted by atomic mass is 16.4. The van der Waals surface area contributed by atoms with Crippen molar-refractivity contribution in [3.63, 3.8) is 0 Å². The van der Waals surface area contributed by atoms with E-state index in [1.165, 1.54) is 18.9 Å². The average molecular weight is 282 g/mol. The summed E-state index contributed by atoms with van der Waals surface area (Å²) in [7, 11) is 1.47. The molecule has 0 fully saturated rings. The molecule has 1 aromatic rings. The molecule has 0 saturated carbocycles. The maximum Gasteiger partial charge on any atom is 0.326 e. The topological polar surface area (TPSA) is 87.5 Å². The molecule has 0 saturated heterocycles. The van der Waals surface area contributed by atoms with Gasteiger partial charge in [0.25, 0.3) is 0 Å². The number of urea groups is 1. The van der Waals surface area contributed by atoms with Crippen molar-refractivity contribution in [1.82, 2.24) is 20.0 Å². The second kappa shape index (κ2) is 6.93. The lowest BCUT2D eigenvalue weighted by Crippen LogP contribution is -2.46. The maximum absolute atomic E-state index is 11.7. The smallest absolute Gasteiger partial charge is 0.326 e. The van der Waals surface area contributed by atoms with Crippen LogP contribution in [0, 0.1) is 13.8 Å². The van der Waals surface area contributed by atoms with E-state index in [1.54, 1.807) is 0 Å². The van der Waals surface area contributed by atoms with Gasteiger partial charge in [-0.1, -0.05) is 0 Å². The molecule has 0 aliphatic carbocycles. The molecule has 2 N–H and O–H groups in total. The fourth-order valence-electron chi connectivity index (χ4n) is 1.79. The van der Waals surface area contributed by atoms with Crippen LogP contribution in [-0.4, -0.2) is 51.4 Å². The summed E-state index contributed by atoms with van der Waals surface area (Å²) in [5.74, 6) is -1.02. The van der Waals surface area contributed by atoms with Crippen LogP contribution in [0.2, 0.25) is 0 Å². The summed E-state index contributed by atoms with van der Waals surface area (Å²) in [6.45, 7) is 6.60. The third-order valence-electron chi connectivity index (χ3n) is 3.18. The minimum Gasteiger partial charge on any atom is -0.480 e. The second-order valence-corrected chi connectivity index (χ2v) is 4.86. The highest BCUT2D eigenvalue weighted by molar-refractivity contribution is 5.82. The van der Waals surface area contributed by atoms with Crippen molar-refractivity contribution in [1.29, 1.82) is 0 Å². The Kier molecular flexibility index (Phi) is 5.54. The molecule has 112 valence electrons. The molecule has 1 rings (SSSR count). The van der Waals surface area contributed by atoms with Crippen molar-refractivity contribution >= 4 is 12.0 Å². The molecular formula is C13H22N4O3. The number of amides is 2. The first-order valence-corrected chi connectivity index (χ1v) is 6.57. The molecule has 20 heavy (non-hydrogen) atoms. The van der Waals surface area contributed by atoms with E-state index in [2.05, 4.69) is 10.4 Å². The third kappa shape index (κ3) is 4.25. The number of hydrogen-bond donors (Lipinski definition) is 2. The monoisotopic (exact) mass is 282 g/mol. The number of carboxylic acid groups (broad SMARTS) is 1. The molecule has 0 aliphatic rings. The largest absolute Gasteiger partial charge is 0.480 e. The van der Waals surface area contributed by atoms with E-state index in [0.29, 0.717) is 6.54 Å².